The molecule has 0 aliphatic rings. The van der Waals surface area contributed by atoms with E-state index in [9.17, 15) is 19.8 Å². The first-order valence-corrected chi connectivity index (χ1v) is 7.51. The third-order valence-electron chi connectivity index (χ3n) is 3.14. The van der Waals surface area contributed by atoms with Crippen LogP contribution in [0.4, 0.5) is 0 Å². The fraction of sp³-hybridized carbons (Fsp3) is 0.0526. The summed E-state index contributed by atoms with van der Waals surface area (Å²) in [6.45, 7) is 0. The van der Waals surface area contributed by atoms with Crippen LogP contribution in [0.3, 0.4) is 0 Å². The van der Waals surface area contributed by atoms with E-state index in [2.05, 4.69) is 0 Å². The largest absolute Gasteiger partial charge is 0.508 e. The Labute approximate surface area is 144 Å². The van der Waals surface area contributed by atoms with Crippen molar-refractivity contribution in [2.45, 2.75) is 6.42 Å². The number of phenols is 2. The Bertz CT molecular complexity index is 805. The SMILES string of the molecule is O=C(C=Cc1ccc(O)cc1)CC(=O)C=Cc1ccc(O)c(Cl)c1. The number of hydrogen-bond acceptors (Lipinski definition) is 4. The minimum absolute atomic E-state index is 0.0327. The van der Waals surface area contributed by atoms with Gasteiger partial charge in [0.05, 0.1) is 11.4 Å². The number of carbonyl (C=O) groups is 2. The van der Waals surface area contributed by atoms with Gasteiger partial charge in [0, 0.05) is 0 Å². The molecule has 0 amide bonds. The molecule has 2 N–H and O–H groups in total. The Morgan fingerprint density at radius 1 is 0.875 bits per heavy atom. The van der Waals surface area contributed by atoms with Crippen molar-refractivity contribution in [2.75, 3.05) is 0 Å². The monoisotopic (exact) mass is 342 g/mol. The molecule has 0 aromatic heterocycles. The Hall–Kier alpha value is -2.85. The summed E-state index contributed by atoms with van der Waals surface area (Å²) in [4.78, 5) is 23.5. The molecule has 2 rings (SSSR count). The fourth-order valence-corrected chi connectivity index (χ4v) is 2.07. The van der Waals surface area contributed by atoms with Gasteiger partial charge in [0.2, 0.25) is 0 Å². The second-order valence-electron chi connectivity index (χ2n) is 5.08. The third-order valence-corrected chi connectivity index (χ3v) is 3.44. The van der Waals surface area contributed by atoms with Gasteiger partial charge in [-0.3, -0.25) is 9.59 Å². The van der Waals surface area contributed by atoms with Gasteiger partial charge >= 0.3 is 0 Å². The standard InChI is InChI=1S/C19H15ClO4/c20-18-11-14(5-10-19(18)24)4-9-17(23)12-16(22)8-3-13-1-6-15(21)7-2-13/h1-11,21,24H,12H2. The number of allylic oxidation sites excluding steroid dienone is 2. The van der Waals surface area contributed by atoms with E-state index in [1.807, 2.05) is 0 Å². The molecule has 0 aliphatic carbocycles. The number of halogens is 1. The van der Waals surface area contributed by atoms with Crippen LogP contribution in [0.1, 0.15) is 17.5 Å². The lowest BCUT2D eigenvalue weighted by Crippen LogP contribution is -2.01. The van der Waals surface area contributed by atoms with Gasteiger partial charge in [0.1, 0.15) is 11.5 Å². The second kappa shape index (κ2) is 8.13. The van der Waals surface area contributed by atoms with Crippen LogP contribution in [0, 0.1) is 0 Å². The van der Waals surface area contributed by atoms with Crippen LogP contribution < -0.4 is 0 Å². The Balaban J connectivity index is 1.91. The highest BCUT2D eigenvalue weighted by Gasteiger charge is 2.04. The first-order chi connectivity index (χ1) is 11.4. The number of aromatic hydroxyl groups is 2. The predicted octanol–water partition coefficient (Wildman–Crippen LogP) is 4.01. The molecule has 4 nitrogen and oxygen atoms in total. The average molecular weight is 343 g/mol. The number of hydrogen-bond donors (Lipinski definition) is 2. The molecular weight excluding hydrogens is 328 g/mol. The summed E-state index contributed by atoms with van der Waals surface area (Å²) in [5.41, 5.74) is 1.40. The number of carbonyl (C=O) groups excluding carboxylic acids is 2. The van der Waals surface area contributed by atoms with Crippen molar-refractivity contribution in [3.63, 3.8) is 0 Å². The smallest absolute Gasteiger partial charge is 0.163 e. The highest BCUT2D eigenvalue weighted by atomic mass is 35.5. The Morgan fingerprint density at radius 2 is 1.42 bits per heavy atom. The molecule has 0 saturated heterocycles. The number of ketones is 2. The summed E-state index contributed by atoms with van der Waals surface area (Å²) in [6.07, 6.45) is 5.50. The second-order valence-corrected chi connectivity index (χ2v) is 5.49. The molecule has 2 aromatic rings. The van der Waals surface area contributed by atoms with Crippen molar-refractivity contribution < 1.29 is 19.8 Å². The molecule has 122 valence electrons. The molecule has 0 spiro atoms. The van der Waals surface area contributed by atoms with Gasteiger partial charge in [-0.1, -0.05) is 42.0 Å². The first kappa shape index (κ1) is 17.5. The van der Waals surface area contributed by atoms with Crippen molar-refractivity contribution in [2.24, 2.45) is 0 Å². The average Bonchev–Trinajstić information content (AvgIpc) is 2.55. The van der Waals surface area contributed by atoms with Crippen LogP contribution in [0.2, 0.25) is 5.02 Å². The lowest BCUT2D eigenvalue weighted by atomic mass is 10.1. The molecule has 0 saturated carbocycles. The summed E-state index contributed by atoms with van der Waals surface area (Å²) < 4.78 is 0. The van der Waals surface area contributed by atoms with E-state index in [4.69, 9.17) is 11.6 Å². The molecular formula is C19H15ClO4. The molecule has 0 unspecified atom stereocenters. The topological polar surface area (TPSA) is 74.6 Å². The van der Waals surface area contributed by atoms with Crippen LogP contribution in [-0.2, 0) is 9.59 Å². The van der Waals surface area contributed by atoms with Crippen LogP contribution in [0.25, 0.3) is 12.2 Å². The van der Waals surface area contributed by atoms with Crippen LogP contribution in [0.15, 0.2) is 54.6 Å². The Kier molecular flexibility index (Phi) is 5.93. The lowest BCUT2D eigenvalue weighted by Gasteiger charge is -1.98. The van der Waals surface area contributed by atoms with E-state index < -0.39 is 0 Å². The highest BCUT2D eigenvalue weighted by Crippen LogP contribution is 2.24. The lowest BCUT2D eigenvalue weighted by molar-refractivity contribution is -0.121. The summed E-state index contributed by atoms with van der Waals surface area (Å²) in [5, 5.41) is 18.7. The van der Waals surface area contributed by atoms with E-state index in [1.54, 1.807) is 24.3 Å². The fourth-order valence-electron chi connectivity index (χ4n) is 1.88. The molecule has 0 bridgehead atoms. The minimum Gasteiger partial charge on any atom is -0.508 e. The van der Waals surface area contributed by atoms with Crippen molar-refractivity contribution in [1.29, 1.82) is 0 Å². The van der Waals surface area contributed by atoms with Gasteiger partial charge in [-0.15, -0.1) is 0 Å². The molecule has 0 aliphatic heterocycles. The van der Waals surface area contributed by atoms with Gasteiger partial charge in [-0.25, -0.2) is 0 Å². The van der Waals surface area contributed by atoms with E-state index >= 15 is 0 Å². The summed E-state index contributed by atoms with van der Waals surface area (Å²) in [6, 6.07) is 10.9. The zero-order valence-corrected chi connectivity index (χ0v) is 13.4. The Morgan fingerprint density at radius 3 is 2.00 bits per heavy atom. The maximum Gasteiger partial charge on any atom is 0.163 e. The van der Waals surface area contributed by atoms with E-state index in [-0.39, 0.29) is 34.5 Å². The van der Waals surface area contributed by atoms with E-state index in [1.165, 1.54) is 42.5 Å². The molecule has 24 heavy (non-hydrogen) atoms. The number of rotatable bonds is 6. The summed E-state index contributed by atoms with van der Waals surface area (Å²) in [5.74, 6) is -0.538. The highest BCUT2D eigenvalue weighted by molar-refractivity contribution is 6.32. The maximum absolute atomic E-state index is 11.8. The van der Waals surface area contributed by atoms with Gasteiger partial charge in [0.15, 0.2) is 11.6 Å². The zero-order valence-electron chi connectivity index (χ0n) is 12.6. The van der Waals surface area contributed by atoms with Gasteiger partial charge in [-0.05, 0) is 47.5 Å². The predicted molar refractivity (Wildman–Crippen MR) is 93.9 cm³/mol. The van der Waals surface area contributed by atoms with Crippen LogP contribution in [0.5, 0.6) is 11.5 Å². The van der Waals surface area contributed by atoms with Crippen LogP contribution in [-0.4, -0.2) is 21.8 Å². The van der Waals surface area contributed by atoms with Crippen molar-refractivity contribution in [1.82, 2.24) is 0 Å². The zero-order chi connectivity index (χ0) is 17.5. The number of benzene rings is 2. The minimum atomic E-state index is -0.334. The van der Waals surface area contributed by atoms with Crippen LogP contribution >= 0.6 is 11.6 Å². The van der Waals surface area contributed by atoms with Gasteiger partial charge < -0.3 is 10.2 Å². The van der Waals surface area contributed by atoms with Crippen molar-refractivity contribution in [3.8, 4) is 11.5 Å². The summed E-state index contributed by atoms with van der Waals surface area (Å²) >= 11 is 5.77. The molecule has 0 fully saturated rings. The molecule has 0 atom stereocenters. The third kappa shape index (κ3) is 5.41. The van der Waals surface area contributed by atoms with E-state index in [0.29, 0.717) is 5.56 Å². The maximum atomic E-state index is 11.8. The van der Waals surface area contributed by atoms with Gasteiger partial charge in [0.25, 0.3) is 0 Å². The quantitative estimate of drug-likeness (QED) is 0.614. The molecule has 0 heterocycles. The van der Waals surface area contributed by atoms with E-state index in [0.717, 1.165) is 5.56 Å². The molecule has 0 radical (unpaired) electrons. The number of phenolic OH excluding ortho intramolecular Hbond substituents is 2. The molecule has 2 aromatic carbocycles. The van der Waals surface area contributed by atoms with Crippen molar-refractivity contribution in [3.05, 3.63) is 70.8 Å². The molecule has 5 heteroatoms. The van der Waals surface area contributed by atoms with Crippen molar-refractivity contribution >= 4 is 35.3 Å². The summed E-state index contributed by atoms with van der Waals surface area (Å²) in [7, 11) is 0. The van der Waals surface area contributed by atoms with Gasteiger partial charge in [-0.2, -0.15) is 0 Å². The normalized spacial score (nSPS) is 11.2. The first-order valence-electron chi connectivity index (χ1n) is 7.13.